The van der Waals surface area contributed by atoms with E-state index in [1.807, 2.05) is 19.1 Å². The summed E-state index contributed by atoms with van der Waals surface area (Å²) < 4.78 is 5.25. The van der Waals surface area contributed by atoms with Crippen LogP contribution in [0.1, 0.15) is 11.3 Å². The van der Waals surface area contributed by atoms with E-state index in [2.05, 4.69) is 23.8 Å². The van der Waals surface area contributed by atoms with Gasteiger partial charge in [-0.15, -0.1) is 6.58 Å². The number of nitrogens with one attached hydrogen (secondary N) is 1. The molecule has 1 heterocycles. The standard InChI is InChI=1S/C12H20N2O/c1-4-6-13-7-8-14(3)10-12-5-9-15-11(12)2/h4-5,9,13H,1,6-8,10H2,2-3H3. The second-order valence-electron chi connectivity index (χ2n) is 3.73. The van der Waals surface area contributed by atoms with Crippen molar-refractivity contribution in [1.82, 2.24) is 10.2 Å². The number of nitrogens with zero attached hydrogens (tertiary/aromatic N) is 1. The van der Waals surface area contributed by atoms with E-state index in [1.54, 1.807) is 6.26 Å². The Labute approximate surface area is 91.8 Å². The molecule has 1 aromatic rings. The van der Waals surface area contributed by atoms with Gasteiger partial charge in [0.1, 0.15) is 5.76 Å². The highest BCUT2D eigenvalue weighted by atomic mass is 16.3. The summed E-state index contributed by atoms with van der Waals surface area (Å²) >= 11 is 0. The number of aryl methyl sites for hydroxylation is 1. The fraction of sp³-hybridized carbons (Fsp3) is 0.500. The van der Waals surface area contributed by atoms with Gasteiger partial charge in [0.2, 0.25) is 0 Å². The van der Waals surface area contributed by atoms with Crippen LogP contribution >= 0.6 is 0 Å². The summed E-state index contributed by atoms with van der Waals surface area (Å²) in [6.45, 7) is 9.49. The SMILES string of the molecule is C=CCNCCN(C)Cc1ccoc1C. The third-order valence-electron chi connectivity index (χ3n) is 2.37. The Balaban J connectivity index is 2.21. The minimum atomic E-state index is 0.874. The van der Waals surface area contributed by atoms with Crippen molar-refractivity contribution < 1.29 is 4.42 Å². The van der Waals surface area contributed by atoms with Crippen molar-refractivity contribution in [2.24, 2.45) is 0 Å². The maximum atomic E-state index is 5.25. The molecule has 0 saturated heterocycles. The van der Waals surface area contributed by atoms with Crippen LogP contribution in [0.25, 0.3) is 0 Å². The summed E-state index contributed by atoms with van der Waals surface area (Å²) in [6.07, 6.45) is 3.62. The summed E-state index contributed by atoms with van der Waals surface area (Å²) in [5.74, 6) is 1.01. The Kier molecular flexibility index (Phi) is 5.15. The molecule has 84 valence electrons. The van der Waals surface area contributed by atoms with Crippen molar-refractivity contribution in [2.45, 2.75) is 13.5 Å². The van der Waals surface area contributed by atoms with Crippen LogP contribution in [0, 0.1) is 6.92 Å². The molecule has 0 unspecified atom stereocenters. The summed E-state index contributed by atoms with van der Waals surface area (Å²) in [7, 11) is 2.11. The molecule has 0 spiro atoms. The number of likely N-dealkylation sites (N-methyl/N-ethyl adjacent to an activating group) is 1. The lowest BCUT2D eigenvalue weighted by molar-refractivity contribution is 0.324. The predicted molar refractivity (Wildman–Crippen MR) is 62.8 cm³/mol. The van der Waals surface area contributed by atoms with E-state index in [1.165, 1.54) is 5.56 Å². The minimum Gasteiger partial charge on any atom is -0.469 e. The van der Waals surface area contributed by atoms with Crippen molar-refractivity contribution in [3.8, 4) is 0 Å². The second kappa shape index (κ2) is 6.43. The predicted octanol–water partition coefficient (Wildman–Crippen LogP) is 1.80. The van der Waals surface area contributed by atoms with Crippen molar-refractivity contribution in [3.63, 3.8) is 0 Å². The van der Waals surface area contributed by atoms with E-state index in [0.29, 0.717) is 0 Å². The third-order valence-corrected chi connectivity index (χ3v) is 2.37. The Hall–Kier alpha value is -1.06. The van der Waals surface area contributed by atoms with Gasteiger partial charge in [-0.2, -0.15) is 0 Å². The zero-order chi connectivity index (χ0) is 11.1. The van der Waals surface area contributed by atoms with Gasteiger partial charge in [-0.3, -0.25) is 0 Å². The van der Waals surface area contributed by atoms with Gasteiger partial charge >= 0.3 is 0 Å². The first-order valence-corrected chi connectivity index (χ1v) is 5.27. The van der Waals surface area contributed by atoms with Gasteiger partial charge in [0, 0.05) is 31.7 Å². The molecule has 0 radical (unpaired) electrons. The molecule has 0 amide bonds. The summed E-state index contributed by atoms with van der Waals surface area (Å²) in [5, 5.41) is 3.28. The van der Waals surface area contributed by atoms with Crippen molar-refractivity contribution >= 4 is 0 Å². The van der Waals surface area contributed by atoms with E-state index in [0.717, 1.165) is 31.9 Å². The molecule has 3 heteroatoms. The molecule has 3 nitrogen and oxygen atoms in total. The molecule has 0 aliphatic heterocycles. The number of furan rings is 1. The van der Waals surface area contributed by atoms with Crippen LogP contribution in [0.4, 0.5) is 0 Å². The molecule has 0 aliphatic carbocycles. The number of hydrogen-bond acceptors (Lipinski definition) is 3. The van der Waals surface area contributed by atoms with Crippen LogP contribution in [-0.4, -0.2) is 31.6 Å². The molecular formula is C12H20N2O. The maximum Gasteiger partial charge on any atom is 0.105 e. The number of hydrogen-bond donors (Lipinski definition) is 1. The minimum absolute atomic E-state index is 0.874. The zero-order valence-corrected chi connectivity index (χ0v) is 9.62. The monoisotopic (exact) mass is 208 g/mol. The van der Waals surface area contributed by atoms with Gasteiger partial charge in [0.25, 0.3) is 0 Å². The Morgan fingerprint density at radius 2 is 2.40 bits per heavy atom. The van der Waals surface area contributed by atoms with Gasteiger partial charge < -0.3 is 14.6 Å². The quantitative estimate of drug-likeness (QED) is 0.547. The first-order valence-electron chi connectivity index (χ1n) is 5.27. The van der Waals surface area contributed by atoms with Crippen molar-refractivity contribution in [3.05, 3.63) is 36.3 Å². The van der Waals surface area contributed by atoms with E-state index < -0.39 is 0 Å². The highest BCUT2D eigenvalue weighted by Gasteiger charge is 2.04. The first-order chi connectivity index (χ1) is 7.24. The van der Waals surface area contributed by atoms with Gasteiger partial charge in [-0.1, -0.05) is 6.08 Å². The highest BCUT2D eigenvalue weighted by molar-refractivity contribution is 5.14. The number of rotatable bonds is 7. The molecule has 0 atom stereocenters. The summed E-state index contributed by atoms with van der Waals surface area (Å²) in [6, 6.07) is 2.03. The van der Waals surface area contributed by atoms with Gasteiger partial charge in [-0.05, 0) is 20.0 Å². The van der Waals surface area contributed by atoms with Crippen LogP contribution in [-0.2, 0) is 6.54 Å². The van der Waals surface area contributed by atoms with Gasteiger partial charge in [0.15, 0.2) is 0 Å². The van der Waals surface area contributed by atoms with E-state index in [-0.39, 0.29) is 0 Å². The fourth-order valence-electron chi connectivity index (χ4n) is 1.42. The van der Waals surface area contributed by atoms with E-state index >= 15 is 0 Å². The largest absolute Gasteiger partial charge is 0.469 e. The lowest BCUT2D eigenvalue weighted by Gasteiger charge is -2.16. The molecule has 0 aliphatic rings. The molecule has 1 rings (SSSR count). The first kappa shape index (κ1) is 12.0. The Morgan fingerprint density at radius 3 is 3.00 bits per heavy atom. The molecule has 0 aromatic carbocycles. The molecule has 15 heavy (non-hydrogen) atoms. The molecule has 0 fully saturated rings. The third kappa shape index (κ3) is 4.32. The molecule has 0 bridgehead atoms. The molecular weight excluding hydrogens is 188 g/mol. The normalized spacial score (nSPS) is 10.9. The average Bonchev–Trinajstić information content (AvgIpc) is 2.59. The molecule has 1 aromatic heterocycles. The summed E-state index contributed by atoms with van der Waals surface area (Å²) in [5.41, 5.74) is 1.27. The summed E-state index contributed by atoms with van der Waals surface area (Å²) in [4.78, 5) is 2.27. The highest BCUT2D eigenvalue weighted by Crippen LogP contribution is 2.10. The second-order valence-corrected chi connectivity index (χ2v) is 3.73. The van der Waals surface area contributed by atoms with Crippen LogP contribution in [0.3, 0.4) is 0 Å². The molecule has 0 saturated carbocycles. The maximum absolute atomic E-state index is 5.25. The molecule has 1 N–H and O–H groups in total. The van der Waals surface area contributed by atoms with Crippen LogP contribution in [0.5, 0.6) is 0 Å². The smallest absolute Gasteiger partial charge is 0.105 e. The van der Waals surface area contributed by atoms with Crippen molar-refractivity contribution in [2.75, 3.05) is 26.7 Å². The zero-order valence-electron chi connectivity index (χ0n) is 9.62. The van der Waals surface area contributed by atoms with Gasteiger partial charge in [-0.25, -0.2) is 0 Å². The lowest BCUT2D eigenvalue weighted by atomic mass is 10.2. The fourth-order valence-corrected chi connectivity index (χ4v) is 1.42. The Morgan fingerprint density at radius 1 is 1.60 bits per heavy atom. The van der Waals surface area contributed by atoms with E-state index in [4.69, 9.17) is 4.42 Å². The van der Waals surface area contributed by atoms with Crippen LogP contribution in [0.15, 0.2) is 29.4 Å². The topological polar surface area (TPSA) is 28.4 Å². The van der Waals surface area contributed by atoms with Crippen LogP contribution in [0.2, 0.25) is 0 Å². The van der Waals surface area contributed by atoms with E-state index in [9.17, 15) is 0 Å². The lowest BCUT2D eigenvalue weighted by Crippen LogP contribution is -2.29. The van der Waals surface area contributed by atoms with Crippen molar-refractivity contribution in [1.29, 1.82) is 0 Å². The van der Waals surface area contributed by atoms with Crippen LogP contribution < -0.4 is 5.32 Å². The Bertz CT molecular complexity index is 294. The van der Waals surface area contributed by atoms with Gasteiger partial charge in [0.05, 0.1) is 6.26 Å². The average molecular weight is 208 g/mol.